The van der Waals surface area contributed by atoms with Gasteiger partial charge in [-0.2, -0.15) is 8.42 Å². The molecule has 0 spiro atoms. The summed E-state index contributed by atoms with van der Waals surface area (Å²) in [4.78, 5) is 4.65. The van der Waals surface area contributed by atoms with Gasteiger partial charge in [0.2, 0.25) is 0 Å². The summed E-state index contributed by atoms with van der Waals surface area (Å²) in [5.41, 5.74) is 9.66. The van der Waals surface area contributed by atoms with Gasteiger partial charge in [0.25, 0.3) is 10.1 Å². The van der Waals surface area contributed by atoms with Gasteiger partial charge in [-0.25, -0.2) is 0 Å². The SMILES string of the molecule is CCN(CC)c1c(C)cc(C(c2cc(C)c(N(CC)CC)c(C)c2)c2ccccc2S(=O)(=O)O)cc1C. The fourth-order valence-electron chi connectivity index (χ4n) is 5.89. The van der Waals surface area contributed by atoms with E-state index in [0.717, 1.165) is 59.6 Å². The largest absolute Gasteiger partial charge is 0.372 e. The maximum Gasteiger partial charge on any atom is 0.294 e. The lowest BCUT2D eigenvalue weighted by Gasteiger charge is -2.30. The third-order valence-corrected chi connectivity index (χ3v) is 8.29. The molecule has 0 heterocycles. The van der Waals surface area contributed by atoms with Crippen molar-refractivity contribution in [3.05, 3.63) is 87.5 Å². The van der Waals surface area contributed by atoms with Crippen LogP contribution < -0.4 is 9.80 Å². The van der Waals surface area contributed by atoms with Crippen LogP contribution in [0.4, 0.5) is 11.4 Å². The zero-order valence-electron chi connectivity index (χ0n) is 23.6. The van der Waals surface area contributed by atoms with Gasteiger partial charge in [-0.3, -0.25) is 4.55 Å². The third kappa shape index (κ3) is 5.86. The summed E-state index contributed by atoms with van der Waals surface area (Å²) >= 11 is 0. The first-order chi connectivity index (χ1) is 17.5. The molecular weight excluding hydrogens is 480 g/mol. The van der Waals surface area contributed by atoms with E-state index in [1.165, 1.54) is 17.4 Å². The smallest absolute Gasteiger partial charge is 0.294 e. The zero-order chi connectivity index (χ0) is 27.5. The summed E-state index contributed by atoms with van der Waals surface area (Å²) in [6.45, 7) is 20.8. The van der Waals surface area contributed by atoms with Crippen LogP contribution >= 0.6 is 0 Å². The van der Waals surface area contributed by atoms with Gasteiger partial charge in [0.05, 0.1) is 4.90 Å². The van der Waals surface area contributed by atoms with Gasteiger partial charge in [0, 0.05) is 43.5 Å². The Balaban J connectivity index is 2.35. The van der Waals surface area contributed by atoms with Crippen molar-refractivity contribution >= 4 is 21.5 Å². The molecule has 0 aliphatic carbocycles. The highest BCUT2D eigenvalue weighted by molar-refractivity contribution is 7.85. The highest BCUT2D eigenvalue weighted by atomic mass is 32.2. The molecule has 37 heavy (non-hydrogen) atoms. The summed E-state index contributed by atoms with van der Waals surface area (Å²) in [5, 5.41) is 0. The maximum absolute atomic E-state index is 12.5. The predicted octanol–water partition coefficient (Wildman–Crippen LogP) is 7.04. The molecule has 0 amide bonds. The van der Waals surface area contributed by atoms with Crippen LogP contribution in [0.25, 0.3) is 0 Å². The first-order valence-electron chi connectivity index (χ1n) is 13.3. The second-order valence-electron chi connectivity index (χ2n) is 9.80. The van der Waals surface area contributed by atoms with Crippen molar-refractivity contribution in [1.82, 2.24) is 0 Å². The Labute approximate surface area is 223 Å². The van der Waals surface area contributed by atoms with Gasteiger partial charge in [-0.1, -0.05) is 42.5 Å². The molecule has 0 aromatic heterocycles. The van der Waals surface area contributed by atoms with Crippen molar-refractivity contribution in [2.24, 2.45) is 0 Å². The van der Waals surface area contributed by atoms with Crippen LogP contribution in [0.5, 0.6) is 0 Å². The molecule has 5 nitrogen and oxygen atoms in total. The highest BCUT2D eigenvalue weighted by Crippen LogP contribution is 2.41. The van der Waals surface area contributed by atoms with Crippen molar-refractivity contribution in [3.8, 4) is 0 Å². The highest BCUT2D eigenvalue weighted by Gasteiger charge is 2.27. The second kappa shape index (κ2) is 11.7. The van der Waals surface area contributed by atoms with E-state index < -0.39 is 10.1 Å². The van der Waals surface area contributed by atoms with Crippen molar-refractivity contribution < 1.29 is 13.0 Å². The normalized spacial score (nSPS) is 11.7. The Kier molecular flexibility index (Phi) is 9.09. The Hall–Kier alpha value is -2.83. The van der Waals surface area contributed by atoms with Gasteiger partial charge >= 0.3 is 0 Å². The number of aryl methyl sites for hydroxylation is 4. The molecule has 0 aliphatic rings. The molecule has 3 rings (SSSR count). The molecule has 0 unspecified atom stereocenters. The minimum absolute atomic E-state index is 0.0498. The number of hydrogen-bond acceptors (Lipinski definition) is 4. The summed E-state index contributed by atoms with van der Waals surface area (Å²) < 4.78 is 35.1. The second-order valence-corrected chi connectivity index (χ2v) is 11.2. The summed E-state index contributed by atoms with van der Waals surface area (Å²) in [6.07, 6.45) is 0. The van der Waals surface area contributed by atoms with E-state index in [0.29, 0.717) is 5.56 Å². The minimum Gasteiger partial charge on any atom is -0.372 e. The molecule has 0 radical (unpaired) electrons. The lowest BCUT2D eigenvalue weighted by molar-refractivity contribution is 0.482. The van der Waals surface area contributed by atoms with E-state index in [9.17, 15) is 13.0 Å². The molecular formula is C31H42N2O3S. The molecule has 0 saturated carbocycles. The van der Waals surface area contributed by atoms with Crippen LogP contribution in [0.2, 0.25) is 0 Å². The van der Waals surface area contributed by atoms with Crippen molar-refractivity contribution in [2.45, 2.75) is 66.2 Å². The molecule has 3 aromatic carbocycles. The Morgan fingerprint density at radius 1 is 0.676 bits per heavy atom. The first kappa shape index (κ1) is 28.7. The molecule has 3 aromatic rings. The quantitative estimate of drug-likeness (QED) is 0.229. The van der Waals surface area contributed by atoms with Gasteiger partial charge in [-0.15, -0.1) is 0 Å². The van der Waals surface area contributed by atoms with Crippen LogP contribution in [-0.2, 0) is 10.1 Å². The summed E-state index contributed by atoms with van der Waals surface area (Å²) in [7, 11) is -4.41. The zero-order valence-corrected chi connectivity index (χ0v) is 24.4. The summed E-state index contributed by atoms with van der Waals surface area (Å²) in [6, 6.07) is 15.5. The Bertz CT molecular complexity index is 1240. The Morgan fingerprint density at radius 3 is 1.35 bits per heavy atom. The van der Waals surface area contributed by atoms with E-state index in [2.05, 4.69) is 89.5 Å². The number of hydrogen-bond donors (Lipinski definition) is 1. The van der Waals surface area contributed by atoms with Gasteiger partial charge < -0.3 is 9.80 Å². The average Bonchev–Trinajstić information content (AvgIpc) is 2.83. The van der Waals surface area contributed by atoms with Gasteiger partial charge in [0.1, 0.15) is 0 Å². The molecule has 0 saturated heterocycles. The molecule has 0 bridgehead atoms. The van der Waals surface area contributed by atoms with E-state index >= 15 is 0 Å². The molecule has 0 atom stereocenters. The first-order valence-corrected chi connectivity index (χ1v) is 14.7. The van der Waals surface area contributed by atoms with Crippen LogP contribution in [0.1, 0.15) is 72.6 Å². The number of nitrogens with zero attached hydrogens (tertiary/aromatic N) is 2. The van der Waals surface area contributed by atoms with E-state index in [4.69, 9.17) is 0 Å². The van der Waals surface area contributed by atoms with Gasteiger partial charge in [0.15, 0.2) is 0 Å². The monoisotopic (exact) mass is 522 g/mol. The number of rotatable bonds is 10. The lowest BCUT2D eigenvalue weighted by atomic mass is 9.82. The molecule has 0 aliphatic heterocycles. The van der Waals surface area contributed by atoms with E-state index in [1.54, 1.807) is 6.07 Å². The third-order valence-electron chi connectivity index (χ3n) is 7.36. The van der Waals surface area contributed by atoms with E-state index in [-0.39, 0.29) is 10.8 Å². The minimum atomic E-state index is -4.41. The molecule has 1 N–H and O–H groups in total. The maximum atomic E-state index is 12.5. The standard InChI is InChI=1S/C31H42N2O3S/c1-9-32(10-2)30-21(5)17-25(18-22(30)6)29(27-15-13-14-16-28(27)37(34,35)36)26-19-23(7)31(24(8)20-26)33(11-3)12-4/h13-20,29H,9-12H2,1-8H3,(H,34,35,36). The number of benzene rings is 3. The molecule has 6 heteroatoms. The molecule has 200 valence electrons. The van der Waals surface area contributed by atoms with Crippen LogP contribution in [0, 0.1) is 27.7 Å². The Morgan fingerprint density at radius 2 is 1.03 bits per heavy atom. The molecule has 0 fully saturated rings. The van der Waals surface area contributed by atoms with Gasteiger partial charge in [-0.05, 0) is 100 Å². The fraction of sp³-hybridized carbons (Fsp3) is 0.419. The summed E-state index contributed by atoms with van der Waals surface area (Å²) in [5.74, 6) is -0.357. The van der Waals surface area contributed by atoms with Crippen LogP contribution in [0.15, 0.2) is 53.4 Å². The van der Waals surface area contributed by atoms with Crippen molar-refractivity contribution in [3.63, 3.8) is 0 Å². The van der Waals surface area contributed by atoms with Crippen LogP contribution in [-0.4, -0.2) is 39.1 Å². The van der Waals surface area contributed by atoms with Crippen LogP contribution in [0.3, 0.4) is 0 Å². The average molecular weight is 523 g/mol. The predicted molar refractivity (Wildman–Crippen MR) is 156 cm³/mol. The van der Waals surface area contributed by atoms with Crippen molar-refractivity contribution in [1.29, 1.82) is 0 Å². The van der Waals surface area contributed by atoms with Crippen molar-refractivity contribution in [2.75, 3.05) is 36.0 Å². The topological polar surface area (TPSA) is 60.9 Å². The number of anilines is 2. The lowest BCUT2D eigenvalue weighted by Crippen LogP contribution is -2.24. The van der Waals surface area contributed by atoms with E-state index in [1.807, 2.05) is 12.1 Å². The fourth-order valence-corrected chi connectivity index (χ4v) is 6.63.